The number of nitrogens with zero attached hydrogens (tertiary/aromatic N) is 1. The van der Waals surface area contributed by atoms with Crippen LogP contribution in [-0.2, 0) is 28.4 Å². The van der Waals surface area contributed by atoms with Gasteiger partial charge in [-0.2, -0.15) is 0 Å². The highest BCUT2D eigenvalue weighted by Gasteiger charge is 2.21. The van der Waals surface area contributed by atoms with Gasteiger partial charge in [0.05, 0.1) is 16.8 Å². The van der Waals surface area contributed by atoms with Gasteiger partial charge in [-0.05, 0) is 41.0 Å². The van der Waals surface area contributed by atoms with Crippen molar-refractivity contribution in [1.29, 1.82) is 0 Å². The number of aromatic amines is 1. The molecule has 0 bridgehead atoms. The van der Waals surface area contributed by atoms with E-state index >= 15 is 0 Å². The molecule has 2 aromatic carbocycles. The van der Waals surface area contributed by atoms with Crippen LogP contribution >= 0.6 is 0 Å². The molecule has 0 radical (unpaired) electrons. The zero-order valence-corrected chi connectivity index (χ0v) is 20.4. The Morgan fingerprint density at radius 2 is 1.84 bits per heavy atom. The van der Waals surface area contributed by atoms with Crippen LogP contribution < -0.4 is 5.32 Å². The van der Waals surface area contributed by atoms with Crippen molar-refractivity contribution in [3.63, 3.8) is 0 Å². The normalized spacial score (nSPS) is 13.5. The number of amides is 1. The van der Waals surface area contributed by atoms with Gasteiger partial charge >= 0.3 is 0 Å². The van der Waals surface area contributed by atoms with Crippen LogP contribution in [0.5, 0.6) is 0 Å². The number of aromatic nitrogens is 2. The lowest BCUT2D eigenvalue weighted by molar-refractivity contribution is -0.119. The van der Waals surface area contributed by atoms with Gasteiger partial charge in [0, 0.05) is 30.0 Å². The molecule has 0 spiro atoms. The first-order valence-corrected chi connectivity index (χ1v) is 12.6. The van der Waals surface area contributed by atoms with Gasteiger partial charge in [-0.1, -0.05) is 69.7 Å². The van der Waals surface area contributed by atoms with Crippen molar-refractivity contribution in [2.24, 2.45) is 5.41 Å². The van der Waals surface area contributed by atoms with E-state index in [1.165, 1.54) is 6.92 Å². The smallest absolute Gasteiger partial charge is 0.217 e. The largest absolute Gasteiger partial charge is 0.346 e. The number of nitrogens with one attached hydrogen (secondary N) is 2. The van der Waals surface area contributed by atoms with Crippen LogP contribution in [0.15, 0.2) is 59.6 Å². The van der Waals surface area contributed by atoms with Crippen LogP contribution in [0.25, 0.3) is 11.1 Å². The minimum atomic E-state index is -1.05. The monoisotopic (exact) mass is 451 g/mol. The van der Waals surface area contributed by atoms with E-state index in [1.807, 2.05) is 42.6 Å². The lowest BCUT2D eigenvalue weighted by Gasteiger charge is -2.21. The minimum Gasteiger partial charge on any atom is -0.346 e. The first kappa shape index (κ1) is 23.9. The highest BCUT2D eigenvalue weighted by molar-refractivity contribution is 7.84. The quantitative estimate of drug-likeness (QED) is 0.469. The maximum Gasteiger partial charge on any atom is 0.217 e. The molecule has 1 amide bonds. The number of imidazole rings is 1. The third-order valence-corrected chi connectivity index (χ3v) is 6.86. The molecule has 5 nitrogen and oxygen atoms in total. The van der Waals surface area contributed by atoms with E-state index in [-0.39, 0.29) is 17.4 Å². The summed E-state index contributed by atoms with van der Waals surface area (Å²) < 4.78 is 12.1. The summed E-state index contributed by atoms with van der Waals surface area (Å²) in [6.45, 7) is 8.21. The fourth-order valence-corrected chi connectivity index (χ4v) is 4.52. The average Bonchev–Trinajstić information content (AvgIpc) is 3.21. The van der Waals surface area contributed by atoms with Gasteiger partial charge in [0.1, 0.15) is 5.82 Å². The molecule has 3 aromatic rings. The SMILES string of the molecule is CCC(C)(C)Cc1cnc(C(Cc2ccc(-c3ccccc3S(C)=O)cc2)NC(C)=O)[nH]1. The number of hydrogen-bond donors (Lipinski definition) is 2. The lowest BCUT2D eigenvalue weighted by Crippen LogP contribution is -2.28. The second kappa shape index (κ2) is 10.3. The summed E-state index contributed by atoms with van der Waals surface area (Å²) in [6, 6.07) is 15.7. The van der Waals surface area contributed by atoms with E-state index in [1.54, 1.807) is 6.26 Å². The Balaban J connectivity index is 1.81. The zero-order chi connectivity index (χ0) is 23.3. The molecule has 32 heavy (non-hydrogen) atoms. The molecule has 1 heterocycles. The molecule has 0 aliphatic heterocycles. The molecular formula is C26H33N3O2S. The van der Waals surface area contributed by atoms with Crippen LogP contribution in [-0.4, -0.2) is 26.3 Å². The second-order valence-electron chi connectivity index (χ2n) is 9.09. The van der Waals surface area contributed by atoms with Gasteiger partial charge in [-0.3, -0.25) is 9.00 Å². The van der Waals surface area contributed by atoms with Crippen LogP contribution in [0.4, 0.5) is 0 Å². The Hall–Kier alpha value is -2.73. The number of rotatable bonds is 9. The molecule has 2 unspecified atom stereocenters. The third-order valence-electron chi connectivity index (χ3n) is 5.88. The molecule has 170 valence electrons. The van der Waals surface area contributed by atoms with Crippen molar-refractivity contribution in [3.05, 3.63) is 71.8 Å². The zero-order valence-electron chi connectivity index (χ0n) is 19.6. The molecule has 2 atom stereocenters. The van der Waals surface area contributed by atoms with Gasteiger partial charge in [-0.25, -0.2) is 4.98 Å². The Morgan fingerprint density at radius 3 is 2.47 bits per heavy atom. The van der Waals surface area contributed by atoms with Crippen molar-refractivity contribution in [2.75, 3.05) is 6.26 Å². The maximum atomic E-state index is 12.1. The summed E-state index contributed by atoms with van der Waals surface area (Å²) in [7, 11) is -1.05. The predicted octanol–water partition coefficient (Wildman–Crippen LogP) is 5.21. The Kier molecular flexibility index (Phi) is 7.67. The molecule has 0 saturated heterocycles. The van der Waals surface area contributed by atoms with E-state index in [0.717, 1.165) is 45.9 Å². The average molecular weight is 452 g/mol. The molecule has 0 fully saturated rings. The van der Waals surface area contributed by atoms with Crippen LogP contribution in [0.3, 0.4) is 0 Å². The van der Waals surface area contributed by atoms with E-state index in [2.05, 4.69) is 48.2 Å². The van der Waals surface area contributed by atoms with Gasteiger partial charge in [0.25, 0.3) is 0 Å². The molecule has 2 N–H and O–H groups in total. The summed E-state index contributed by atoms with van der Waals surface area (Å²) in [5, 5.41) is 3.03. The Bertz CT molecular complexity index is 1090. The van der Waals surface area contributed by atoms with Gasteiger partial charge < -0.3 is 10.3 Å². The highest BCUT2D eigenvalue weighted by Crippen LogP contribution is 2.28. The van der Waals surface area contributed by atoms with Crippen molar-refractivity contribution >= 4 is 16.7 Å². The number of hydrogen-bond acceptors (Lipinski definition) is 3. The van der Waals surface area contributed by atoms with Gasteiger partial charge in [0.2, 0.25) is 5.91 Å². The summed E-state index contributed by atoms with van der Waals surface area (Å²) in [5.41, 5.74) is 4.38. The van der Waals surface area contributed by atoms with Crippen LogP contribution in [0.1, 0.15) is 57.2 Å². The van der Waals surface area contributed by atoms with E-state index < -0.39 is 10.8 Å². The van der Waals surface area contributed by atoms with E-state index in [4.69, 9.17) is 0 Å². The first-order chi connectivity index (χ1) is 15.2. The molecule has 0 aliphatic rings. The highest BCUT2D eigenvalue weighted by atomic mass is 32.2. The fraction of sp³-hybridized carbons (Fsp3) is 0.385. The number of carbonyl (C=O) groups excluding carboxylic acids is 1. The van der Waals surface area contributed by atoms with Gasteiger partial charge in [-0.15, -0.1) is 0 Å². The molecule has 0 aliphatic carbocycles. The molecule has 1 aromatic heterocycles. The second-order valence-corrected chi connectivity index (χ2v) is 10.4. The summed E-state index contributed by atoms with van der Waals surface area (Å²) >= 11 is 0. The maximum absolute atomic E-state index is 12.1. The lowest BCUT2D eigenvalue weighted by atomic mass is 9.85. The summed E-state index contributed by atoms with van der Waals surface area (Å²) in [4.78, 5) is 20.7. The van der Waals surface area contributed by atoms with Crippen molar-refractivity contribution in [3.8, 4) is 11.1 Å². The van der Waals surface area contributed by atoms with Crippen LogP contribution in [0, 0.1) is 5.41 Å². The molecule has 6 heteroatoms. The van der Waals surface area contributed by atoms with Crippen molar-refractivity contribution in [2.45, 2.75) is 57.9 Å². The molecular weight excluding hydrogens is 418 g/mol. The van der Waals surface area contributed by atoms with E-state index in [0.29, 0.717) is 6.42 Å². The number of H-pyrrole nitrogens is 1. The Labute approximate surface area is 193 Å². The first-order valence-electron chi connectivity index (χ1n) is 11.0. The van der Waals surface area contributed by atoms with Crippen molar-refractivity contribution < 1.29 is 9.00 Å². The molecule has 3 rings (SSSR count). The number of benzene rings is 2. The summed E-state index contributed by atoms with van der Waals surface area (Å²) in [5.74, 6) is 0.690. The predicted molar refractivity (Wildman–Crippen MR) is 131 cm³/mol. The Morgan fingerprint density at radius 1 is 1.16 bits per heavy atom. The fourth-order valence-electron chi connectivity index (χ4n) is 3.76. The van der Waals surface area contributed by atoms with Crippen molar-refractivity contribution in [1.82, 2.24) is 15.3 Å². The number of carbonyl (C=O) groups is 1. The summed E-state index contributed by atoms with van der Waals surface area (Å²) in [6.07, 6.45) is 6.20. The topological polar surface area (TPSA) is 74.8 Å². The minimum absolute atomic E-state index is 0.0854. The van der Waals surface area contributed by atoms with Gasteiger partial charge in [0.15, 0.2) is 0 Å². The molecule has 0 saturated carbocycles. The van der Waals surface area contributed by atoms with Crippen LogP contribution in [0.2, 0.25) is 0 Å². The third kappa shape index (κ3) is 6.16. The van der Waals surface area contributed by atoms with E-state index in [9.17, 15) is 9.00 Å². The standard InChI is InChI=1S/C26H33N3O2S/c1-6-26(3,4)16-21-17-27-25(29-21)23(28-18(2)30)15-19-11-13-20(14-12-19)22-9-7-8-10-24(22)32(5)31/h7-14,17,23H,6,15-16H2,1-5H3,(H,27,29)(H,28,30).